The number of hydrogen-bond acceptors (Lipinski definition) is 4. The van der Waals surface area contributed by atoms with Crippen molar-refractivity contribution >= 4 is 75.0 Å². The molecule has 1 amide bonds. The third kappa shape index (κ3) is 2.06. The molecule has 0 radical (unpaired) electrons. The topological polar surface area (TPSA) is 83.6 Å². The van der Waals surface area contributed by atoms with Crippen LogP contribution in [0.4, 0.5) is 0 Å². The van der Waals surface area contributed by atoms with E-state index in [9.17, 15) is 9.59 Å². The van der Waals surface area contributed by atoms with Crippen LogP contribution in [0.5, 0.6) is 0 Å². The number of thioether (sulfide) groups is 1. The van der Waals surface area contributed by atoms with Crippen LogP contribution in [0.25, 0.3) is 0 Å². The van der Waals surface area contributed by atoms with Gasteiger partial charge in [-0.15, -0.1) is 11.8 Å². The number of β-lactam (4-membered cyclic amide) rings is 1. The number of carboxylic acids is 1. The van der Waals surface area contributed by atoms with Crippen molar-refractivity contribution in [3.63, 3.8) is 0 Å². The molecular weight excluding hydrogens is 243 g/mol. The Bertz CT molecular complexity index is 336. The van der Waals surface area contributed by atoms with Crippen molar-refractivity contribution in [2.24, 2.45) is 5.73 Å². The summed E-state index contributed by atoms with van der Waals surface area (Å²) in [6.45, 7) is 3.66. The molecule has 7 heteroatoms. The summed E-state index contributed by atoms with van der Waals surface area (Å²) in [7, 11) is 0. The number of nitrogens with zero attached hydrogens (tertiary/aromatic N) is 1. The third-order valence-electron chi connectivity index (χ3n) is 2.46. The molecule has 5 nitrogen and oxygen atoms in total. The second-order valence-corrected chi connectivity index (χ2v) is 4.48. The summed E-state index contributed by atoms with van der Waals surface area (Å²) in [5, 5.41) is 8.74. The van der Waals surface area contributed by atoms with Crippen LogP contribution in [0.3, 0.4) is 0 Å². The van der Waals surface area contributed by atoms with Gasteiger partial charge in [0.05, 0.1) is 0 Å². The van der Waals surface area contributed by atoms with Crippen LogP contribution in [-0.4, -0.2) is 96.5 Å². The average Bonchev–Trinajstić information content (AvgIpc) is 2.15. The van der Waals surface area contributed by atoms with Gasteiger partial charge in [0, 0.05) is 5.75 Å². The Hall–Kier alpha value is 0.626. The van der Waals surface area contributed by atoms with Crippen LogP contribution in [0.1, 0.15) is 0 Å². The van der Waals surface area contributed by atoms with Gasteiger partial charge in [-0.1, -0.05) is 6.58 Å². The molecule has 2 rings (SSSR count). The minimum atomic E-state index is -1.03. The fraction of sp³-hybridized carbons (Fsp3) is 0.500. The molecule has 2 aliphatic rings. The molecule has 2 heterocycles. The predicted molar refractivity (Wildman–Crippen MR) is 58.8 cm³/mol. The molecule has 2 saturated heterocycles. The van der Waals surface area contributed by atoms with Gasteiger partial charge in [0.15, 0.2) is 6.04 Å². The molecule has 2 fully saturated rings. The van der Waals surface area contributed by atoms with Gasteiger partial charge in [-0.05, 0) is 5.57 Å². The van der Waals surface area contributed by atoms with Crippen LogP contribution >= 0.6 is 11.8 Å². The molecule has 78 valence electrons. The van der Waals surface area contributed by atoms with Crippen molar-refractivity contribution in [2.75, 3.05) is 5.75 Å². The number of carboxylic acid groups (broad SMARTS) is 1. The van der Waals surface area contributed by atoms with Crippen LogP contribution in [-0.2, 0) is 9.59 Å². The summed E-state index contributed by atoms with van der Waals surface area (Å²) in [6.07, 6.45) is 0. The summed E-state index contributed by atoms with van der Waals surface area (Å²) in [5.74, 6) is -0.768. The van der Waals surface area contributed by atoms with E-state index in [2.05, 4.69) is 6.58 Å². The van der Waals surface area contributed by atoms with Gasteiger partial charge < -0.3 is 15.7 Å². The Morgan fingerprint density at radius 1 is 1.67 bits per heavy atom. The van der Waals surface area contributed by atoms with Crippen molar-refractivity contribution in [1.82, 2.24) is 4.90 Å². The summed E-state index contributed by atoms with van der Waals surface area (Å²) < 4.78 is 0. The zero-order valence-electron chi connectivity index (χ0n) is 7.34. The maximum atomic E-state index is 11.3. The van der Waals surface area contributed by atoms with Gasteiger partial charge >= 0.3 is 57.4 Å². The number of fused-ring (bicyclic) bond motifs is 1. The van der Waals surface area contributed by atoms with Gasteiger partial charge in [-0.2, -0.15) is 0 Å². The number of carbonyl (C=O) groups excluding carboxylic acids is 1. The summed E-state index contributed by atoms with van der Waals surface area (Å²) in [5.41, 5.74) is 6.10. The molecule has 0 aromatic rings. The van der Waals surface area contributed by atoms with E-state index in [4.69, 9.17) is 10.8 Å². The van der Waals surface area contributed by atoms with Gasteiger partial charge in [0.1, 0.15) is 11.4 Å². The number of aliphatic carboxylic acids is 1. The van der Waals surface area contributed by atoms with Crippen molar-refractivity contribution in [1.29, 1.82) is 0 Å². The zero-order chi connectivity index (χ0) is 10.5. The fourth-order valence-corrected chi connectivity index (χ4v) is 2.98. The first-order chi connectivity index (χ1) is 6.54. The molecule has 0 bridgehead atoms. The summed E-state index contributed by atoms with van der Waals surface area (Å²) in [6, 6.07) is -1.43. The van der Waals surface area contributed by atoms with Crippen LogP contribution in [0, 0.1) is 0 Å². The average molecular weight is 254 g/mol. The number of carbonyl (C=O) groups is 2. The monoisotopic (exact) mass is 254 g/mol. The Labute approximate surface area is 134 Å². The van der Waals surface area contributed by atoms with Crippen molar-refractivity contribution in [2.45, 2.75) is 17.5 Å². The van der Waals surface area contributed by atoms with Crippen LogP contribution in [0.2, 0.25) is 0 Å². The Morgan fingerprint density at radius 2 is 2.27 bits per heavy atom. The Kier molecular flexibility index (Phi) is 4.44. The second-order valence-electron chi connectivity index (χ2n) is 3.37. The van der Waals surface area contributed by atoms with Gasteiger partial charge in [-0.25, -0.2) is 4.79 Å². The SMILES string of the molecule is C=C1CS[C@@H]2C(N)C(=O)N2C1C(=O)O.[KH]. The molecule has 3 atom stereocenters. The van der Waals surface area contributed by atoms with Gasteiger partial charge in [-0.3, -0.25) is 4.79 Å². The van der Waals surface area contributed by atoms with Crippen molar-refractivity contribution in [3.05, 3.63) is 12.2 Å². The number of nitrogens with two attached hydrogens (primary N) is 1. The Balaban J connectivity index is 0.00000112. The number of hydrogen-bond donors (Lipinski definition) is 2. The molecule has 0 saturated carbocycles. The van der Waals surface area contributed by atoms with E-state index in [1.165, 1.54) is 16.7 Å². The molecule has 3 N–H and O–H groups in total. The minimum absolute atomic E-state index is 0. The first kappa shape index (κ1) is 13.7. The van der Waals surface area contributed by atoms with E-state index in [1.807, 2.05) is 0 Å². The number of amides is 1. The zero-order valence-corrected chi connectivity index (χ0v) is 8.16. The van der Waals surface area contributed by atoms with E-state index < -0.39 is 18.1 Å². The predicted octanol–water partition coefficient (Wildman–Crippen LogP) is -1.41. The van der Waals surface area contributed by atoms with E-state index in [0.717, 1.165) is 0 Å². The normalized spacial score (nSPS) is 33.9. The quantitative estimate of drug-likeness (QED) is 0.341. The molecule has 15 heavy (non-hydrogen) atoms. The molecule has 0 aromatic carbocycles. The summed E-state index contributed by atoms with van der Waals surface area (Å²) in [4.78, 5) is 23.6. The standard InChI is InChI=1S/C8H10N2O3S.K.H/c1-3-2-14-7-4(9)6(11)10(7)5(3)8(12)13;;/h4-5,7H,1-2,9H2,(H,12,13);;/t4?,5?,7-;;/m1../s1. The number of rotatable bonds is 1. The molecule has 2 aliphatic heterocycles. The maximum absolute atomic E-state index is 11.3. The molecule has 0 aliphatic carbocycles. The van der Waals surface area contributed by atoms with E-state index in [0.29, 0.717) is 11.3 Å². The first-order valence-corrected chi connectivity index (χ1v) is 5.18. The first-order valence-electron chi connectivity index (χ1n) is 4.14. The molecule has 0 aromatic heterocycles. The third-order valence-corrected chi connectivity index (χ3v) is 3.86. The molecule has 2 unspecified atom stereocenters. The van der Waals surface area contributed by atoms with Gasteiger partial charge in [0.25, 0.3) is 0 Å². The summed E-state index contributed by atoms with van der Waals surface area (Å²) >= 11 is 1.47. The fourth-order valence-electron chi connectivity index (χ4n) is 1.73. The Morgan fingerprint density at radius 3 is 2.80 bits per heavy atom. The van der Waals surface area contributed by atoms with E-state index in [1.54, 1.807) is 0 Å². The van der Waals surface area contributed by atoms with Crippen LogP contribution < -0.4 is 5.73 Å². The van der Waals surface area contributed by atoms with E-state index in [-0.39, 0.29) is 62.7 Å². The molecule has 0 spiro atoms. The van der Waals surface area contributed by atoms with Crippen molar-refractivity contribution < 1.29 is 14.7 Å². The second kappa shape index (κ2) is 4.87. The van der Waals surface area contributed by atoms with Crippen LogP contribution in [0.15, 0.2) is 12.2 Å². The van der Waals surface area contributed by atoms with Gasteiger partial charge in [0.2, 0.25) is 5.91 Å². The van der Waals surface area contributed by atoms with E-state index >= 15 is 0 Å². The molecular formula is C8H11KN2O3S. The van der Waals surface area contributed by atoms with Crippen molar-refractivity contribution in [3.8, 4) is 0 Å².